The smallest absolute Gasteiger partial charge is 0.167 e. The lowest BCUT2D eigenvalue weighted by Crippen LogP contribution is -2.46. The van der Waals surface area contributed by atoms with Crippen LogP contribution in [0.15, 0.2) is 0 Å². The van der Waals surface area contributed by atoms with E-state index in [1.807, 2.05) is 20.8 Å². The molecule has 18 heavy (non-hydrogen) atoms. The lowest BCUT2D eigenvalue weighted by atomic mass is 9.78. The predicted molar refractivity (Wildman–Crippen MR) is 70.6 cm³/mol. The molecule has 0 bridgehead atoms. The molecule has 3 heteroatoms. The highest BCUT2D eigenvalue weighted by Crippen LogP contribution is 2.43. The van der Waals surface area contributed by atoms with Gasteiger partial charge in [0.1, 0.15) is 5.60 Å². The molecule has 0 aromatic carbocycles. The Labute approximate surface area is 110 Å². The van der Waals surface area contributed by atoms with Crippen LogP contribution in [0.3, 0.4) is 0 Å². The third-order valence-corrected chi connectivity index (χ3v) is 4.48. The van der Waals surface area contributed by atoms with E-state index >= 15 is 0 Å². The number of Topliss-reactive ketones (excluding diaryl/α,β-unsaturated/α-hetero) is 1. The van der Waals surface area contributed by atoms with Crippen LogP contribution in [0.1, 0.15) is 59.3 Å². The van der Waals surface area contributed by atoms with E-state index in [9.17, 15) is 4.79 Å². The third kappa shape index (κ3) is 2.77. The molecule has 1 aliphatic carbocycles. The van der Waals surface area contributed by atoms with E-state index < -0.39 is 5.60 Å². The Balaban J connectivity index is 2.02. The summed E-state index contributed by atoms with van der Waals surface area (Å²) in [5.41, 5.74) is -0.628. The molecule has 3 nitrogen and oxygen atoms in total. The first-order valence-corrected chi connectivity index (χ1v) is 7.31. The summed E-state index contributed by atoms with van der Waals surface area (Å²) in [6.45, 7) is 7.06. The fourth-order valence-electron chi connectivity index (χ4n) is 3.54. The van der Waals surface area contributed by atoms with Gasteiger partial charge in [0, 0.05) is 19.1 Å². The van der Waals surface area contributed by atoms with Gasteiger partial charge in [-0.2, -0.15) is 0 Å². The van der Waals surface area contributed by atoms with Crippen molar-refractivity contribution in [3.63, 3.8) is 0 Å². The molecule has 1 atom stereocenters. The van der Waals surface area contributed by atoms with Crippen LogP contribution in [0.2, 0.25) is 0 Å². The van der Waals surface area contributed by atoms with Crippen LogP contribution in [0.5, 0.6) is 0 Å². The van der Waals surface area contributed by atoms with Crippen molar-refractivity contribution in [2.45, 2.75) is 70.5 Å². The molecule has 0 amide bonds. The molecule has 0 radical (unpaired) electrons. The van der Waals surface area contributed by atoms with Gasteiger partial charge in [0.15, 0.2) is 5.78 Å². The number of carbonyl (C=O) groups is 1. The lowest BCUT2D eigenvalue weighted by molar-refractivity contribution is -0.155. The van der Waals surface area contributed by atoms with Crippen molar-refractivity contribution in [3.8, 4) is 0 Å². The molecule has 0 aromatic rings. The van der Waals surface area contributed by atoms with Crippen molar-refractivity contribution < 1.29 is 14.3 Å². The summed E-state index contributed by atoms with van der Waals surface area (Å²) < 4.78 is 11.6. The van der Waals surface area contributed by atoms with Gasteiger partial charge < -0.3 is 9.47 Å². The van der Waals surface area contributed by atoms with Gasteiger partial charge in [-0.1, -0.05) is 12.8 Å². The van der Waals surface area contributed by atoms with Crippen molar-refractivity contribution >= 4 is 5.78 Å². The average molecular weight is 254 g/mol. The summed E-state index contributed by atoms with van der Waals surface area (Å²) in [5.74, 6) is 0.386. The summed E-state index contributed by atoms with van der Waals surface area (Å²) in [6.07, 6.45) is 6.52. The Hall–Kier alpha value is -0.410. The van der Waals surface area contributed by atoms with Crippen molar-refractivity contribution in [3.05, 3.63) is 0 Å². The molecular weight excluding hydrogens is 228 g/mol. The maximum atomic E-state index is 12.6. The van der Waals surface area contributed by atoms with Gasteiger partial charge in [-0.25, -0.2) is 0 Å². The summed E-state index contributed by atoms with van der Waals surface area (Å²) >= 11 is 0. The summed E-state index contributed by atoms with van der Waals surface area (Å²) in [4.78, 5) is 12.6. The van der Waals surface area contributed by atoms with Crippen molar-refractivity contribution in [2.75, 3.05) is 13.2 Å². The van der Waals surface area contributed by atoms with Crippen LogP contribution in [0.4, 0.5) is 0 Å². The van der Waals surface area contributed by atoms with Gasteiger partial charge in [0.05, 0.1) is 5.60 Å². The summed E-state index contributed by atoms with van der Waals surface area (Å²) in [5, 5.41) is 0. The maximum absolute atomic E-state index is 12.6. The van der Waals surface area contributed by atoms with Gasteiger partial charge in [-0.05, 0) is 46.5 Å². The molecular formula is C15H26O3. The highest BCUT2D eigenvalue weighted by Gasteiger charge is 2.44. The second-order valence-electron chi connectivity index (χ2n) is 6.24. The number of ether oxygens (including phenoxy) is 2. The standard InChI is InChI=1S/C15H26O3/c1-4-17-14(2,3)13(16)12-7-10-18-15(11-12)8-5-6-9-15/h12H,4-11H2,1-3H3. The van der Waals surface area contributed by atoms with E-state index in [1.54, 1.807) is 0 Å². The van der Waals surface area contributed by atoms with Crippen molar-refractivity contribution in [1.29, 1.82) is 0 Å². The molecule has 2 aliphatic rings. The van der Waals surface area contributed by atoms with E-state index in [0.29, 0.717) is 6.61 Å². The van der Waals surface area contributed by atoms with Crippen LogP contribution in [0.25, 0.3) is 0 Å². The molecule has 1 aliphatic heterocycles. The van der Waals surface area contributed by atoms with Crippen LogP contribution < -0.4 is 0 Å². The Morgan fingerprint density at radius 2 is 2.06 bits per heavy atom. The molecule has 0 N–H and O–H groups in total. The zero-order chi connectivity index (χ0) is 13.2. The zero-order valence-corrected chi connectivity index (χ0v) is 12.0. The van der Waals surface area contributed by atoms with E-state index in [1.165, 1.54) is 12.8 Å². The van der Waals surface area contributed by atoms with Gasteiger partial charge in [-0.15, -0.1) is 0 Å². The second-order valence-corrected chi connectivity index (χ2v) is 6.24. The van der Waals surface area contributed by atoms with Gasteiger partial charge in [0.25, 0.3) is 0 Å². The molecule has 104 valence electrons. The van der Waals surface area contributed by atoms with E-state index in [2.05, 4.69) is 0 Å². The minimum atomic E-state index is -0.642. The first-order valence-electron chi connectivity index (χ1n) is 7.31. The second kappa shape index (κ2) is 5.30. The number of rotatable bonds is 4. The highest BCUT2D eigenvalue weighted by molar-refractivity contribution is 5.88. The summed E-state index contributed by atoms with van der Waals surface area (Å²) in [7, 11) is 0. The molecule has 1 heterocycles. The van der Waals surface area contributed by atoms with Gasteiger partial charge in [-0.3, -0.25) is 4.79 Å². The Bertz CT molecular complexity index is 303. The number of carbonyl (C=O) groups excluding carboxylic acids is 1. The van der Waals surface area contributed by atoms with Crippen LogP contribution in [0, 0.1) is 5.92 Å². The molecule has 1 saturated carbocycles. The molecule has 1 spiro atoms. The van der Waals surface area contributed by atoms with Gasteiger partial charge in [0.2, 0.25) is 0 Å². The minimum absolute atomic E-state index is 0.0148. The normalized spacial score (nSPS) is 27.6. The monoisotopic (exact) mass is 254 g/mol. The highest BCUT2D eigenvalue weighted by atomic mass is 16.5. The van der Waals surface area contributed by atoms with Gasteiger partial charge >= 0.3 is 0 Å². The first kappa shape index (κ1) is 14.0. The number of ketones is 1. The molecule has 0 aromatic heterocycles. The number of hydrogen-bond acceptors (Lipinski definition) is 3. The minimum Gasteiger partial charge on any atom is -0.375 e. The van der Waals surface area contributed by atoms with Crippen LogP contribution in [-0.4, -0.2) is 30.2 Å². The lowest BCUT2D eigenvalue weighted by Gasteiger charge is -2.40. The fraction of sp³-hybridized carbons (Fsp3) is 0.933. The Morgan fingerprint density at radius 3 is 2.67 bits per heavy atom. The quantitative estimate of drug-likeness (QED) is 0.773. The zero-order valence-electron chi connectivity index (χ0n) is 12.0. The van der Waals surface area contributed by atoms with E-state index in [-0.39, 0.29) is 17.3 Å². The third-order valence-electron chi connectivity index (χ3n) is 4.48. The van der Waals surface area contributed by atoms with Crippen molar-refractivity contribution in [1.82, 2.24) is 0 Å². The van der Waals surface area contributed by atoms with E-state index in [4.69, 9.17) is 9.47 Å². The fourth-order valence-corrected chi connectivity index (χ4v) is 3.54. The van der Waals surface area contributed by atoms with Crippen LogP contribution in [-0.2, 0) is 14.3 Å². The SMILES string of the molecule is CCOC(C)(C)C(=O)C1CCOC2(CCCC2)C1. The molecule has 2 fully saturated rings. The largest absolute Gasteiger partial charge is 0.375 e. The first-order chi connectivity index (χ1) is 8.49. The predicted octanol–water partition coefficient (Wildman–Crippen LogP) is 3.11. The topological polar surface area (TPSA) is 35.5 Å². The molecule has 1 saturated heterocycles. The van der Waals surface area contributed by atoms with Crippen molar-refractivity contribution in [2.24, 2.45) is 5.92 Å². The van der Waals surface area contributed by atoms with Crippen LogP contribution >= 0.6 is 0 Å². The average Bonchev–Trinajstić information content (AvgIpc) is 2.76. The summed E-state index contributed by atoms with van der Waals surface area (Å²) in [6, 6.07) is 0. The number of hydrogen-bond donors (Lipinski definition) is 0. The Morgan fingerprint density at radius 1 is 1.39 bits per heavy atom. The molecule has 2 rings (SSSR count). The van der Waals surface area contributed by atoms with E-state index in [0.717, 1.165) is 32.3 Å². The maximum Gasteiger partial charge on any atom is 0.167 e. The molecule has 1 unspecified atom stereocenters. The Kier molecular flexibility index (Phi) is 4.12.